The molecule has 2 aromatic carbocycles. The van der Waals surface area contributed by atoms with E-state index in [1.807, 2.05) is 35.2 Å². The monoisotopic (exact) mass is 379 g/mol. The topological polar surface area (TPSA) is 36.0 Å². The average molecular weight is 380 g/mol. The molecule has 0 spiro atoms. The van der Waals surface area contributed by atoms with Gasteiger partial charge in [-0.2, -0.15) is 0 Å². The fourth-order valence-electron chi connectivity index (χ4n) is 4.30. The molecule has 0 saturated carbocycles. The molecule has 0 aliphatic carbocycles. The summed E-state index contributed by atoms with van der Waals surface area (Å²) < 4.78 is 5.36. The molecule has 2 fully saturated rings. The van der Waals surface area contributed by atoms with E-state index in [0.29, 0.717) is 0 Å². The Bertz CT molecular complexity index is 781. The minimum atomic E-state index is -0.174. The van der Waals surface area contributed by atoms with Crippen LogP contribution in [0.1, 0.15) is 24.4 Å². The Kier molecular flexibility index (Phi) is 5.81. The lowest BCUT2D eigenvalue weighted by atomic mass is 10.0. The van der Waals surface area contributed by atoms with Gasteiger partial charge in [-0.05, 0) is 30.5 Å². The molecule has 0 aromatic heterocycles. The fourth-order valence-corrected chi connectivity index (χ4v) is 4.30. The van der Waals surface area contributed by atoms with Crippen molar-refractivity contribution in [2.24, 2.45) is 0 Å². The number of methoxy groups -OCH3 is 1. The van der Waals surface area contributed by atoms with Gasteiger partial charge in [0.1, 0.15) is 11.8 Å². The molecule has 4 rings (SSSR count). The van der Waals surface area contributed by atoms with Crippen LogP contribution < -0.4 is 9.64 Å². The lowest BCUT2D eigenvalue weighted by Crippen LogP contribution is -2.51. The quantitative estimate of drug-likeness (QED) is 0.799. The highest BCUT2D eigenvalue weighted by atomic mass is 16.5. The highest BCUT2D eigenvalue weighted by Gasteiger charge is 2.34. The van der Waals surface area contributed by atoms with Gasteiger partial charge in [-0.15, -0.1) is 0 Å². The maximum atomic E-state index is 13.3. The number of carbonyl (C=O) groups excluding carboxylic acids is 1. The first-order valence-electron chi connectivity index (χ1n) is 10.2. The van der Waals surface area contributed by atoms with Crippen molar-refractivity contribution in [3.8, 4) is 5.75 Å². The zero-order chi connectivity index (χ0) is 19.3. The summed E-state index contributed by atoms with van der Waals surface area (Å²) in [6.07, 6.45) is 2.24. The standard InChI is InChI=1S/C23H29N3O2/c1-28-21-11-7-10-20(18-21)24-14-16-25(17-15-24)22(19-8-3-2-4-9-19)23(27)26-12-5-6-13-26/h2-4,7-11,18,22H,5-6,12-17H2,1H3/t22-/m1/s1. The molecule has 2 heterocycles. The molecule has 28 heavy (non-hydrogen) atoms. The second-order valence-corrected chi connectivity index (χ2v) is 7.57. The third kappa shape index (κ3) is 3.99. The lowest BCUT2D eigenvalue weighted by molar-refractivity contribution is -0.136. The molecule has 1 amide bonds. The zero-order valence-corrected chi connectivity index (χ0v) is 16.6. The van der Waals surface area contributed by atoms with Crippen LogP contribution in [0.25, 0.3) is 0 Å². The predicted octanol–water partition coefficient (Wildman–Crippen LogP) is 3.18. The van der Waals surface area contributed by atoms with E-state index in [1.165, 1.54) is 5.69 Å². The number of amides is 1. The SMILES string of the molecule is COc1cccc(N2CCN([C@@H](C(=O)N3CCCC3)c3ccccc3)CC2)c1. The minimum absolute atomic E-state index is 0.174. The number of carbonyl (C=O) groups is 1. The number of hydrogen-bond donors (Lipinski definition) is 0. The van der Waals surface area contributed by atoms with Crippen molar-refractivity contribution in [1.82, 2.24) is 9.80 Å². The maximum Gasteiger partial charge on any atom is 0.244 e. The number of likely N-dealkylation sites (tertiary alicyclic amines) is 1. The first-order chi connectivity index (χ1) is 13.8. The normalized spacial score (nSPS) is 18.9. The van der Waals surface area contributed by atoms with Gasteiger partial charge in [-0.1, -0.05) is 36.4 Å². The van der Waals surface area contributed by atoms with Crippen LogP contribution in [0.5, 0.6) is 5.75 Å². The Balaban J connectivity index is 1.49. The van der Waals surface area contributed by atoms with E-state index >= 15 is 0 Å². The Hall–Kier alpha value is -2.53. The lowest BCUT2D eigenvalue weighted by Gasteiger charge is -2.40. The van der Waals surface area contributed by atoms with Gasteiger partial charge in [0.2, 0.25) is 5.91 Å². The largest absolute Gasteiger partial charge is 0.497 e. The van der Waals surface area contributed by atoms with E-state index < -0.39 is 0 Å². The van der Waals surface area contributed by atoms with E-state index in [9.17, 15) is 4.79 Å². The number of rotatable bonds is 5. The zero-order valence-electron chi connectivity index (χ0n) is 16.6. The minimum Gasteiger partial charge on any atom is -0.497 e. The summed E-state index contributed by atoms with van der Waals surface area (Å²) in [7, 11) is 1.70. The molecule has 5 heteroatoms. The summed E-state index contributed by atoms with van der Waals surface area (Å²) in [6, 6.07) is 18.3. The third-order valence-electron chi connectivity index (χ3n) is 5.86. The van der Waals surface area contributed by atoms with Crippen molar-refractivity contribution >= 4 is 11.6 Å². The second-order valence-electron chi connectivity index (χ2n) is 7.57. The van der Waals surface area contributed by atoms with Crippen molar-refractivity contribution < 1.29 is 9.53 Å². The van der Waals surface area contributed by atoms with Gasteiger partial charge in [-0.25, -0.2) is 0 Å². The first kappa shape index (κ1) is 18.8. The van der Waals surface area contributed by atoms with Crippen molar-refractivity contribution in [1.29, 1.82) is 0 Å². The van der Waals surface area contributed by atoms with Crippen LogP contribution in [0.2, 0.25) is 0 Å². The van der Waals surface area contributed by atoms with Gasteiger partial charge in [-0.3, -0.25) is 9.69 Å². The molecule has 5 nitrogen and oxygen atoms in total. The molecule has 2 aromatic rings. The van der Waals surface area contributed by atoms with Gasteiger partial charge < -0.3 is 14.5 Å². The molecule has 0 unspecified atom stereocenters. The molecule has 1 atom stereocenters. The molecular formula is C23H29N3O2. The van der Waals surface area contributed by atoms with Crippen LogP contribution >= 0.6 is 0 Å². The van der Waals surface area contributed by atoms with Crippen LogP contribution in [-0.2, 0) is 4.79 Å². The van der Waals surface area contributed by atoms with Crippen LogP contribution in [0, 0.1) is 0 Å². The Morgan fingerprint density at radius 1 is 0.893 bits per heavy atom. The average Bonchev–Trinajstić information content (AvgIpc) is 3.30. The molecule has 2 aliphatic heterocycles. The van der Waals surface area contributed by atoms with Gasteiger partial charge in [0, 0.05) is 51.0 Å². The van der Waals surface area contributed by atoms with Crippen molar-refractivity contribution in [2.75, 3.05) is 51.3 Å². The molecule has 2 saturated heterocycles. The van der Waals surface area contributed by atoms with E-state index in [4.69, 9.17) is 4.74 Å². The molecule has 0 radical (unpaired) electrons. The van der Waals surface area contributed by atoms with Gasteiger partial charge in [0.25, 0.3) is 0 Å². The Morgan fingerprint density at radius 3 is 2.29 bits per heavy atom. The summed E-state index contributed by atoms with van der Waals surface area (Å²) in [5.74, 6) is 1.14. The van der Waals surface area contributed by atoms with E-state index in [2.05, 4.69) is 34.1 Å². The van der Waals surface area contributed by atoms with Gasteiger partial charge in [0.05, 0.1) is 7.11 Å². The summed E-state index contributed by atoms with van der Waals surface area (Å²) in [5.41, 5.74) is 2.29. The molecular weight excluding hydrogens is 350 g/mol. The predicted molar refractivity (Wildman–Crippen MR) is 112 cm³/mol. The molecule has 2 aliphatic rings. The number of hydrogen-bond acceptors (Lipinski definition) is 4. The van der Waals surface area contributed by atoms with E-state index in [1.54, 1.807) is 7.11 Å². The highest BCUT2D eigenvalue weighted by molar-refractivity contribution is 5.83. The summed E-state index contributed by atoms with van der Waals surface area (Å²) in [6.45, 7) is 5.35. The molecule has 0 bridgehead atoms. The van der Waals surface area contributed by atoms with Crippen LogP contribution in [0.3, 0.4) is 0 Å². The number of piperazine rings is 1. The van der Waals surface area contributed by atoms with E-state index in [0.717, 1.165) is 63.4 Å². The van der Waals surface area contributed by atoms with Crippen LogP contribution in [0.4, 0.5) is 5.69 Å². The Morgan fingerprint density at radius 2 is 1.61 bits per heavy atom. The number of ether oxygens (including phenoxy) is 1. The first-order valence-corrected chi connectivity index (χ1v) is 10.2. The van der Waals surface area contributed by atoms with Crippen molar-refractivity contribution in [3.63, 3.8) is 0 Å². The summed E-state index contributed by atoms with van der Waals surface area (Å²) >= 11 is 0. The van der Waals surface area contributed by atoms with Crippen LogP contribution in [-0.4, -0.2) is 62.1 Å². The van der Waals surface area contributed by atoms with Crippen molar-refractivity contribution in [3.05, 3.63) is 60.2 Å². The number of anilines is 1. The smallest absolute Gasteiger partial charge is 0.244 e. The second kappa shape index (κ2) is 8.65. The van der Waals surface area contributed by atoms with Crippen molar-refractivity contribution in [2.45, 2.75) is 18.9 Å². The number of nitrogens with zero attached hydrogens (tertiary/aromatic N) is 3. The maximum absolute atomic E-state index is 13.3. The number of benzene rings is 2. The summed E-state index contributed by atoms with van der Waals surface area (Å²) in [4.78, 5) is 20.1. The Labute approximate surface area is 167 Å². The van der Waals surface area contributed by atoms with E-state index in [-0.39, 0.29) is 11.9 Å². The molecule has 148 valence electrons. The highest BCUT2D eigenvalue weighted by Crippen LogP contribution is 2.28. The summed E-state index contributed by atoms with van der Waals surface area (Å²) in [5, 5.41) is 0. The van der Waals surface area contributed by atoms with Gasteiger partial charge >= 0.3 is 0 Å². The van der Waals surface area contributed by atoms with Gasteiger partial charge in [0.15, 0.2) is 0 Å². The third-order valence-corrected chi connectivity index (χ3v) is 5.86. The molecule has 0 N–H and O–H groups in total. The fraction of sp³-hybridized carbons (Fsp3) is 0.435. The van der Waals surface area contributed by atoms with Crippen LogP contribution in [0.15, 0.2) is 54.6 Å².